The number of anilines is 1. The van der Waals surface area contributed by atoms with E-state index in [-0.39, 0.29) is 11.9 Å². The van der Waals surface area contributed by atoms with Crippen molar-refractivity contribution in [3.63, 3.8) is 0 Å². The smallest absolute Gasteiger partial charge is 0.319 e. The van der Waals surface area contributed by atoms with Crippen molar-refractivity contribution in [3.8, 4) is 5.75 Å². The molecule has 0 saturated heterocycles. The second-order valence-electron chi connectivity index (χ2n) is 9.39. The Labute approximate surface area is 217 Å². The van der Waals surface area contributed by atoms with Gasteiger partial charge in [0.1, 0.15) is 5.75 Å². The molecule has 4 nitrogen and oxygen atoms in total. The Kier molecular flexibility index (Phi) is 12.5. The summed E-state index contributed by atoms with van der Waals surface area (Å²) in [7, 11) is 0. The number of hydrogen-bond acceptors (Lipinski definition) is 2. The molecule has 0 radical (unpaired) electrons. The monoisotopic (exact) mass is 486 g/mol. The van der Waals surface area contributed by atoms with Crippen LogP contribution in [0, 0.1) is 0 Å². The predicted octanol–water partition coefficient (Wildman–Crippen LogP) is 8.55. The van der Waals surface area contributed by atoms with Gasteiger partial charge in [-0.25, -0.2) is 4.79 Å². The van der Waals surface area contributed by atoms with Crippen LogP contribution in [0.4, 0.5) is 10.5 Å². The Morgan fingerprint density at radius 1 is 0.722 bits per heavy atom. The second-order valence-corrected chi connectivity index (χ2v) is 9.39. The van der Waals surface area contributed by atoms with Crippen molar-refractivity contribution in [2.75, 3.05) is 18.5 Å². The molecule has 2 N–H and O–H groups in total. The topological polar surface area (TPSA) is 50.4 Å². The minimum absolute atomic E-state index is 0.192. The third kappa shape index (κ3) is 10.2. The van der Waals surface area contributed by atoms with E-state index in [1.807, 2.05) is 36.4 Å². The largest absolute Gasteiger partial charge is 0.494 e. The maximum absolute atomic E-state index is 12.5. The first-order chi connectivity index (χ1) is 17.8. The van der Waals surface area contributed by atoms with E-state index in [9.17, 15) is 4.79 Å². The standard InChI is InChI=1S/C32H42N2O2/c1-2-3-4-5-6-7-8-15-26-36-30-22-20-29(21-23-30)34-32(35)33-25-24-31(27-16-11-9-12-17-27)28-18-13-10-14-19-28/h9-14,16-23,31H,2-8,15,24-26H2,1H3,(H2,33,34,35). The number of urea groups is 1. The summed E-state index contributed by atoms with van der Waals surface area (Å²) in [6, 6.07) is 28.3. The van der Waals surface area contributed by atoms with E-state index in [2.05, 4.69) is 66.1 Å². The molecule has 0 unspecified atom stereocenters. The van der Waals surface area contributed by atoms with E-state index >= 15 is 0 Å². The van der Waals surface area contributed by atoms with Crippen LogP contribution in [0.1, 0.15) is 81.8 Å². The normalized spacial score (nSPS) is 10.8. The highest BCUT2D eigenvalue weighted by Crippen LogP contribution is 2.27. The fourth-order valence-corrected chi connectivity index (χ4v) is 4.46. The van der Waals surface area contributed by atoms with Crippen LogP contribution >= 0.6 is 0 Å². The van der Waals surface area contributed by atoms with Gasteiger partial charge >= 0.3 is 6.03 Å². The molecule has 0 aromatic heterocycles. The predicted molar refractivity (Wildman–Crippen MR) is 151 cm³/mol. The van der Waals surface area contributed by atoms with Crippen LogP contribution in [-0.4, -0.2) is 19.2 Å². The van der Waals surface area contributed by atoms with E-state index < -0.39 is 0 Å². The third-order valence-corrected chi connectivity index (χ3v) is 6.50. The molecule has 192 valence electrons. The molecule has 2 amide bonds. The molecule has 0 saturated carbocycles. The zero-order chi connectivity index (χ0) is 25.3. The van der Waals surface area contributed by atoms with Crippen LogP contribution in [0.15, 0.2) is 84.9 Å². The Hall–Kier alpha value is -3.27. The van der Waals surface area contributed by atoms with Crippen molar-refractivity contribution < 1.29 is 9.53 Å². The van der Waals surface area contributed by atoms with Gasteiger partial charge in [0.2, 0.25) is 0 Å². The van der Waals surface area contributed by atoms with Gasteiger partial charge in [-0.3, -0.25) is 0 Å². The summed E-state index contributed by atoms with van der Waals surface area (Å²) in [5, 5.41) is 5.93. The van der Waals surface area contributed by atoms with Gasteiger partial charge in [-0.15, -0.1) is 0 Å². The number of carbonyl (C=O) groups is 1. The highest BCUT2D eigenvalue weighted by atomic mass is 16.5. The van der Waals surface area contributed by atoms with E-state index in [0.717, 1.165) is 30.9 Å². The highest BCUT2D eigenvalue weighted by Gasteiger charge is 2.14. The first-order valence-electron chi connectivity index (χ1n) is 13.6. The fraction of sp³-hybridized carbons (Fsp3) is 0.406. The van der Waals surface area contributed by atoms with Crippen LogP contribution in [-0.2, 0) is 0 Å². The number of hydrogen-bond donors (Lipinski definition) is 2. The Balaban J connectivity index is 1.35. The average Bonchev–Trinajstić information content (AvgIpc) is 2.92. The second kappa shape index (κ2) is 16.4. The fourth-order valence-electron chi connectivity index (χ4n) is 4.46. The maximum atomic E-state index is 12.5. The summed E-state index contributed by atoms with van der Waals surface area (Å²) < 4.78 is 5.86. The molecule has 4 heteroatoms. The van der Waals surface area contributed by atoms with Gasteiger partial charge in [-0.2, -0.15) is 0 Å². The lowest BCUT2D eigenvalue weighted by molar-refractivity contribution is 0.252. The molecule has 36 heavy (non-hydrogen) atoms. The summed E-state index contributed by atoms with van der Waals surface area (Å²) in [6.07, 6.45) is 11.2. The minimum atomic E-state index is -0.192. The molecule has 0 aliphatic heterocycles. The number of amides is 2. The van der Waals surface area contributed by atoms with E-state index in [1.54, 1.807) is 0 Å². The van der Waals surface area contributed by atoms with Crippen LogP contribution in [0.25, 0.3) is 0 Å². The Morgan fingerprint density at radius 3 is 1.86 bits per heavy atom. The summed E-state index contributed by atoms with van der Waals surface area (Å²) in [5.41, 5.74) is 3.27. The molecule has 0 heterocycles. The molecule has 3 aromatic carbocycles. The Morgan fingerprint density at radius 2 is 1.28 bits per heavy atom. The van der Waals surface area contributed by atoms with E-state index in [0.29, 0.717) is 6.54 Å². The number of benzene rings is 3. The van der Waals surface area contributed by atoms with Crippen molar-refractivity contribution >= 4 is 11.7 Å². The zero-order valence-corrected chi connectivity index (χ0v) is 21.8. The van der Waals surface area contributed by atoms with Gasteiger partial charge in [-0.1, -0.05) is 113 Å². The average molecular weight is 487 g/mol. The molecular formula is C32H42N2O2. The van der Waals surface area contributed by atoms with Gasteiger partial charge in [0, 0.05) is 18.2 Å². The lowest BCUT2D eigenvalue weighted by Gasteiger charge is -2.18. The summed E-state index contributed by atoms with van der Waals surface area (Å²) in [4.78, 5) is 12.5. The van der Waals surface area contributed by atoms with Crippen LogP contribution in [0.2, 0.25) is 0 Å². The lowest BCUT2D eigenvalue weighted by Crippen LogP contribution is -2.30. The van der Waals surface area contributed by atoms with Gasteiger partial charge in [0.15, 0.2) is 0 Å². The number of carbonyl (C=O) groups excluding carboxylic acids is 1. The van der Waals surface area contributed by atoms with Crippen molar-refractivity contribution in [1.29, 1.82) is 0 Å². The molecular weight excluding hydrogens is 444 g/mol. The Bertz CT molecular complexity index is 935. The zero-order valence-electron chi connectivity index (χ0n) is 21.8. The number of rotatable bonds is 16. The molecule has 0 atom stereocenters. The molecule has 0 bridgehead atoms. The van der Waals surface area contributed by atoms with Crippen LogP contribution in [0.3, 0.4) is 0 Å². The van der Waals surface area contributed by atoms with Crippen molar-refractivity contribution in [3.05, 3.63) is 96.1 Å². The molecule has 0 aliphatic carbocycles. The lowest BCUT2D eigenvalue weighted by atomic mass is 9.88. The summed E-state index contributed by atoms with van der Waals surface area (Å²) in [6.45, 7) is 3.58. The summed E-state index contributed by atoms with van der Waals surface area (Å²) in [5.74, 6) is 1.09. The molecule has 0 aliphatic rings. The maximum Gasteiger partial charge on any atom is 0.319 e. The highest BCUT2D eigenvalue weighted by molar-refractivity contribution is 5.89. The third-order valence-electron chi connectivity index (χ3n) is 6.50. The SMILES string of the molecule is CCCCCCCCCCOc1ccc(NC(=O)NCCC(c2ccccc2)c2ccccc2)cc1. The quantitative estimate of drug-likeness (QED) is 0.199. The molecule has 3 aromatic rings. The van der Waals surface area contributed by atoms with Crippen molar-refractivity contribution in [2.45, 2.75) is 70.6 Å². The van der Waals surface area contributed by atoms with Crippen LogP contribution in [0.5, 0.6) is 5.75 Å². The van der Waals surface area contributed by atoms with Gasteiger partial charge in [-0.05, 0) is 48.2 Å². The van der Waals surface area contributed by atoms with E-state index in [1.165, 1.54) is 56.1 Å². The van der Waals surface area contributed by atoms with E-state index in [4.69, 9.17) is 4.74 Å². The molecule has 0 spiro atoms. The first-order valence-corrected chi connectivity index (χ1v) is 13.6. The minimum Gasteiger partial charge on any atom is -0.494 e. The van der Waals surface area contributed by atoms with Crippen molar-refractivity contribution in [2.24, 2.45) is 0 Å². The van der Waals surface area contributed by atoms with Gasteiger partial charge in [0.25, 0.3) is 0 Å². The van der Waals surface area contributed by atoms with Crippen molar-refractivity contribution in [1.82, 2.24) is 5.32 Å². The summed E-state index contributed by atoms with van der Waals surface area (Å²) >= 11 is 0. The van der Waals surface area contributed by atoms with Gasteiger partial charge in [0.05, 0.1) is 6.61 Å². The van der Waals surface area contributed by atoms with Gasteiger partial charge < -0.3 is 15.4 Å². The number of nitrogens with one attached hydrogen (secondary N) is 2. The van der Waals surface area contributed by atoms with Crippen LogP contribution < -0.4 is 15.4 Å². The molecule has 0 fully saturated rings. The number of unbranched alkanes of at least 4 members (excludes halogenated alkanes) is 7. The number of ether oxygens (including phenoxy) is 1. The molecule has 3 rings (SSSR count). The first kappa shape index (κ1) is 27.3.